The number of quaternary nitrogens is 2. The molecule has 0 amide bonds. The maximum Gasteiger partial charge on any atom is 0.103 e. The first-order chi connectivity index (χ1) is 11.8. The van der Waals surface area contributed by atoms with Crippen LogP contribution in [-0.2, 0) is 13.0 Å². The van der Waals surface area contributed by atoms with Crippen molar-refractivity contribution in [1.29, 1.82) is 0 Å². The summed E-state index contributed by atoms with van der Waals surface area (Å²) in [6.07, 6.45) is 5.29. The molecule has 3 rings (SSSR count). The molecular weight excluding hydrogens is 292 g/mol. The highest BCUT2D eigenvalue weighted by Crippen LogP contribution is 2.02. The molecule has 0 spiro atoms. The third kappa shape index (κ3) is 5.19. The molecule has 24 heavy (non-hydrogen) atoms. The average molecular weight is 325 g/mol. The Morgan fingerprint density at radius 2 is 1.46 bits per heavy atom. The van der Waals surface area contributed by atoms with Crippen molar-refractivity contribution in [2.24, 2.45) is 0 Å². The summed E-state index contributed by atoms with van der Waals surface area (Å²) >= 11 is 0. The van der Waals surface area contributed by atoms with Crippen LogP contribution in [0.15, 0.2) is 60.7 Å². The van der Waals surface area contributed by atoms with Crippen LogP contribution in [0.4, 0.5) is 0 Å². The van der Waals surface area contributed by atoms with Gasteiger partial charge in [0.1, 0.15) is 6.54 Å². The zero-order valence-corrected chi connectivity index (χ0v) is 15.0. The second kappa shape index (κ2) is 9.00. The first kappa shape index (κ1) is 17.2. The van der Waals surface area contributed by atoms with Crippen LogP contribution in [0.3, 0.4) is 0 Å². The molecule has 1 atom stereocenters. The summed E-state index contributed by atoms with van der Waals surface area (Å²) in [7, 11) is 2.37. The minimum Gasteiger partial charge on any atom is -0.335 e. The molecule has 1 unspecified atom stereocenters. The van der Waals surface area contributed by atoms with E-state index in [2.05, 4.69) is 67.7 Å². The number of likely N-dealkylation sites (tertiary alicyclic amines) is 1. The van der Waals surface area contributed by atoms with Crippen LogP contribution < -0.4 is 9.80 Å². The second-order valence-electron chi connectivity index (χ2n) is 7.37. The van der Waals surface area contributed by atoms with Gasteiger partial charge in [0.05, 0.1) is 32.7 Å². The number of aryl methyl sites for hydroxylation is 1. The molecule has 2 aromatic carbocycles. The van der Waals surface area contributed by atoms with E-state index in [0.29, 0.717) is 0 Å². The molecule has 2 N–H and O–H groups in total. The van der Waals surface area contributed by atoms with Crippen molar-refractivity contribution in [3.63, 3.8) is 0 Å². The van der Waals surface area contributed by atoms with Gasteiger partial charge < -0.3 is 9.80 Å². The van der Waals surface area contributed by atoms with E-state index in [1.54, 1.807) is 4.90 Å². The molecule has 0 radical (unpaired) electrons. The minimum absolute atomic E-state index is 0.836. The fourth-order valence-corrected chi connectivity index (χ4v) is 4.02. The van der Waals surface area contributed by atoms with E-state index in [0.717, 1.165) is 12.6 Å². The fraction of sp³-hybridized carbons (Fsp3) is 0.455. The molecule has 1 aliphatic rings. The van der Waals surface area contributed by atoms with Crippen molar-refractivity contribution in [2.75, 3.05) is 26.7 Å². The lowest BCUT2D eigenvalue weighted by Crippen LogP contribution is -3.18. The largest absolute Gasteiger partial charge is 0.335 e. The van der Waals surface area contributed by atoms with Gasteiger partial charge in [0.15, 0.2) is 0 Å². The van der Waals surface area contributed by atoms with Gasteiger partial charge in [-0.15, -0.1) is 0 Å². The van der Waals surface area contributed by atoms with Gasteiger partial charge in [-0.2, -0.15) is 0 Å². The monoisotopic (exact) mass is 324 g/mol. The van der Waals surface area contributed by atoms with E-state index >= 15 is 0 Å². The van der Waals surface area contributed by atoms with Crippen molar-refractivity contribution in [1.82, 2.24) is 0 Å². The van der Waals surface area contributed by atoms with Gasteiger partial charge in [0.25, 0.3) is 0 Å². The highest BCUT2D eigenvalue weighted by Gasteiger charge is 2.27. The van der Waals surface area contributed by atoms with Crippen LogP contribution in [0, 0.1) is 0 Å². The van der Waals surface area contributed by atoms with Gasteiger partial charge in [0.2, 0.25) is 0 Å². The van der Waals surface area contributed by atoms with Crippen LogP contribution in [-0.4, -0.2) is 32.7 Å². The predicted octanol–water partition coefficient (Wildman–Crippen LogP) is 1.38. The smallest absolute Gasteiger partial charge is 0.103 e. The van der Waals surface area contributed by atoms with E-state index in [1.807, 2.05) is 4.90 Å². The Labute approximate surface area is 147 Å². The number of hydrogen-bond acceptors (Lipinski definition) is 0. The first-order valence-electron chi connectivity index (χ1n) is 9.55. The minimum atomic E-state index is 0.836. The summed E-state index contributed by atoms with van der Waals surface area (Å²) in [5.41, 5.74) is 2.95. The first-order valence-corrected chi connectivity index (χ1v) is 9.55. The molecule has 0 aliphatic carbocycles. The molecule has 1 aliphatic heterocycles. The van der Waals surface area contributed by atoms with Crippen LogP contribution in [0.5, 0.6) is 0 Å². The van der Waals surface area contributed by atoms with E-state index in [-0.39, 0.29) is 0 Å². The van der Waals surface area contributed by atoms with Crippen molar-refractivity contribution < 1.29 is 9.80 Å². The van der Waals surface area contributed by atoms with E-state index in [4.69, 9.17) is 0 Å². The van der Waals surface area contributed by atoms with Crippen LogP contribution in [0.2, 0.25) is 0 Å². The number of piperidine rings is 1. The molecule has 1 saturated heterocycles. The van der Waals surface area contributed by atoms with E-state index in [1.165, 1.54) is 56.4 Å². The molecular formula is C22H32N2+2. The van der Waals surface area contributed by atoms with Gasteiger partial charge in [-0.25, -0.2) is 0 Å². The van der Waals surface area contributed by atoms with Crippen LogP contribution in [0.1, 0.15) is 30.4 Å². The third-order valence-electron chi connectivity index (χ3n) is 5.55. The topological polar surface area (TPSA) is 8.88 Å². The number of nitrogens with one attached hydrogen (secondary N) is 2. The number of rotatable bonds is 7. The Morgan fingerprint density at radius 3 is 2.08 bits per heavy atom. The Morgan fingerprint density at radius 1 is 0.875 bits per heavy atom. The Bertz CT molecular complexity index is 573. The maximum absolute atomic E-state index is 2.37. The number of benzene rings is 2. The summed E-state index contributed by atoms with van der Waals surface area (Å²) in [4.78, 5) is 3.50. The predicted molar refractivity (Wildman–Crippen MR) is 100 cm³/mol. The molecule has 0 bridgehead atoms. The lowest BCUT2D eigenvalue weighted by Gasteiger charge is -2.32. The molecule has 2 heteroatoms. The van der Waals surface area contributed by atoms with Crippen molar-refractivity contribution in [2.45, 2.75) is 38.3 Å². The standard InChI is InChI=1S/C22H30N2/c1-23(19-21-11-6-3-7-12-21)22-14-17-24(18-15-22)16-8-13-20-9-4-2-5-10-20/h2-7,9-12,22H,8,13-19H2,1H3/p+2. The van der Waals surface area contributed by atoms with Crippen LogP contribution in [0.25, 0.3) is 0 Å². The molecule has 2 nitrogen and oxygen atoms in total. The van der Waals surface area contributed by atoms with E-state index in [9.17, 15) is 0 Å². The molecule has 2 aromatic rings. The van der Waals surface area contributed by atoms with E-state index < -0.39 is 0 Å². The van der Waals surface area contributed by atoms with Crippen LogP contribution >= 0.6 is 0 Å². The summed E-state index contributed by atoms with van der Waals surface area (Å²) < 4.78 is 0. The highest BCUT2D eigenvalue weighted by atomic mass is 15.2. The summed E-state index contributed by atoms with van der Waals surface area (Å²) in [6, 6.07) is 22.7. The molecule has 1 heterocycles. The second-order valence-corrected chi connectivity index (χ2v) is 7.37. The summed E-state index contributed by atoms with van der Waals surface area (Å²) in [6.45, 7) is 5.20. The van der Waals surface area contributed by atoms with Crippen molar-refractivity contribution >= 4 is 0 Å². The zero-order chi connectivity index (χ0) is 16.6. The van der Waals surface area contributed by atoms with Gasteiger partial charge in [-0.3, -0.25) is 0 Å². The Hall–Kier alpha value is -1.64. The fourth-order valence-electron chi connectivity index (χ4n) is 4.02. The van der Waals surface area contributed by atoms with Gasteiger partial charge in [-0.05, 0) is 12.0 Å². The van der Waals surface area contributed by atoms with Gasteiger partial charge in [-0.1, -0.05) is 60.7 Å². The molecule has 0 saturated carbocycles. The maximum atomic E-state index is 2.37. The van der Waals surface area contributed by atoms with Gasteiger partial charge >= 0.3 is 0 Å². The normalized spacial score (nSPS) is 22.2. The lowest BCUT2D eigenvalue weighted by molar-refractivity contribution is -0.954. The average Bonchev–Trinajstić information content (AvgIpc) is 2.64. The highest BCUT2D eigenvalue weighted by molar-refractivity contribution is 5.14. The van der Waals surface area contributed by atoms with Gasteiger partial charge in [0, 0.05) is 24.8 Å². The molecule has 128 valence electrons. The summed E-state index contributed by atoms with van der Waals surface area (Å²) in [5, 5.41) is 0. The van der Waals surface area contributed by atoms with Crippen molar-refractivity contribution in [3.05, 3.63) is 71.8 Å². The Kier molecular flexibility index (Phi) is 6.45. The third-order valence-corrected chi connectivity index (χ3v) is 5.55. The SMILES string of the molecule is C[NH+](Cc1ccccc1)C1CC[NH+](CCCc2ccccc2)CC1. The zero-order valence-electron chi connectivity index (χ0n) is 15.0. The molecule has 0 aromatic heterocycles. The number of hydrogen-bond donors (Lipinski definition) is 2. The van der Waals surface area contributed by atoms with Crippen molar-refractivity contribution in [3.8, 4) is 0 Å². The Balaban J connectivity index is 1.36. The lowest BCUT2D eigenvalue weighted by atomic mass is 10.0. The molecule has 1 fully saturated rings. The summed E-state index contributed by atoms with van der Waals surface area (Å²) in [5.74, 6) is 0. The quantitative estimate of drug-likeness (QED) is 0.761.